The molecule has 21 heavy (non-hydrogen) atoms. The number of nitrogens with one attached hydrogen (secondary N) is 1. The first-order valence-corrected chi connectivity index (χ1v) is 7.71. The van der Waals surface area contributed by atoms with Crippen molar-refractivity contribution in [2.45, 2.75) is 13.0 Å². The lowest BCUT2D eigenvalue weighted by Crippen LogP contribution is -2.04. The molecule has 108 valence electrons. The fraction of sp³-hybridized carbons (Fsp3) is 0.267. The molecule has 0 unspecified atom stereocenters. The maximum absolute atomic E-state index is 5.53. The number of hydrogen-bond donors (Lipinski definition) is 1. The molecule has 5 nitrogen and oxygen atoms in total. The number of aromatic nitrogens is 2. The summed E-state index contributed by atoms with van der Waals surface area (Å²) >= 11 is 1.60. The lowest BCUT2D eigenvalue weighted by molar-refractivity contribution is 0.357. The van der Waals surface area contributed by atoms with Gasteiger partial charge in [-0.15, -0.1) is 11.3 Å². The highest BCUT2D eigenvalue weighted by atomic mass is 32.1. The van der Waals surface area contributed by atoms with E-state index in [1.807, 2.05) is 23.7 Å². The SMILES string of the molecule is COc1nc2sccn2c1CNc1ccc2c(c1)CCO2. The van der Waals surface area contributed by atoms with Crippen LogP contribution < -0.4 is 14.8 Å². The quantitative estimate of drug-likeness (QED) is 0.805. The standard InChI is InChI=1S/C15H15N3O2S/c1-19-14-12(18-5-7-21-15(18)17-14)9-16-11-2-3-13-10(8-11)4-6-20-13/h2-3,5,7-8,16H,4,6,9H2,1H3. The fourth-order valence-electron chi connectivity index (χ4n) is 2.62. The molecule has 1 N–H and O–H groups in total. The number of nitrogens with zero attached hydrogens (tertiary/aromatic N) is 2. The molecule has 0 aliphatic carbocycles. The van der Waals surface area contributed by atoms with Crippen LogP contribution in [0.25, 0.3) is 4.96 Å². The van der Waals surface area contributed by atoms with Crippen molar-refractivity contribution >= 4 is 22.0 Å². The molecule has 0 radical (unpaired) electrons. The van der Waals surface area contributed by atoms with Crippen LogP contribution >= 0.6 is 11.3 Å². The summed E-state index contributed by atoms with van der Waals surface area (Å²) in [5.74, 6) is 1.68. The van der Waals surface area contributed by atoms with Gasteiger partial charge in [-0.3, -0.25) is 4.40 Å². The highest BCUT2D eigenvalue weighted by Gasteiger charge is 2.15. The second kappa shape index (κ2) is 4.96. The maximum atomic E-state index is 5.53. The number of rotatable bonds is 4. The summed E-state index contributed by atoms with van der Waals surface area (Å²) in [6.07, 6.45) is 3.00. The molecule has 1 aliphatic rings. The van der Waals surface area contributed by atoms with Gasteiger partial charge >= 0.3 is 0 Å². The molecule has 3 heterocycles. The minimum atomic E-state index is 0.667. The largest absolute Gasteiger partial charge is 0.493 e. The van der Waals surface area contributed by atoms with Gasteiger partial charge in [0, 0.05) is 23.7 Å². The zero-order chi connectivity index (χ0) is 14.2. The lowest BCUT2D eigenvalue weighted by Gasteiger charge is -2.08. The topological polar surface area (TPSA) is 47.8 Å². The van der Waals surface area contributed by atoms with Gasteiger partial charge in [0.15, 0.2) is 4.96 Å². The summed E-state index contributed by atoms with van der Waals surface area (Å²) in [4.78, 5) is 5.41. The van der Waals surface area contributed by atoms with Gasteiger partial charge in [0.1, 0.15) is 11.4 Å². The highest BCUT2D eigenvalue weighted by Crippen LogP contribution is 2.29. The molecule has 0 atom stereocenters. The minimum Gasteiger partial charge on any atom is -0.493 e. The monoisotopic (exact) mass is 301 g/mol. The zero-order valence-corrected chi connectivity index (χ0v) is 12.4. The van der Waals surface area contributed by atoms with Crippen molar-refractivity contribution < 1.29 is 9.47 Å². The molecule has 4 rings (SSSR count). The summed E-state index contributed by atoms with van der Waals surface area (Å²) in [6, 6.07) is 6.22. The predicted octanol–water partition coefficient (Wildman–Crippen LogP) is 2.95. The van der Waals surface area contributed by atoms with Gasteiger partial charge in [0.2, 0.25) is 5.88 Å². The molecule has 0 bridgehead atoms. The van der Waals surface area contributed by atoms with Crippen molar-refractivity contribution in [1.29, 1.82) is 0 Å². The smallest absolute Gasteiger partial charge is 0.238 e. The molecular formula is C15H15N3O2S. The number of methoxy groups -OCH3 is 1. The third kappa shape index (κ3) is 2.12. The van der Waals surface area contributed by atoms with Crippen LogP contribution in [-0.4, -0.2) is 23.1 Å². The third-order valence-corrected chi connectivity index (χ3v) is 4.42. The van der Waals surface area contributed by atoms with Crippen molar-refractivity contribution in [1.82, 2.24) is 9.38 Å². The summed E-state index contributed by atoms with van der Waals surface area (Å²) in [6.45, 7) is 1.45. The van der Waals surface area contributed by atoms with E-state index in [9.17, 15) is 0 Å². The van der Waals surface area contributed by atoms with Gasteiger partial charge in [-0.25, -0.2) is 0 Å². The number of anilines is 1. The molecule has 0 saturated heterocycles. The van der Waals surface area contributed by atoms with Crippen LogP contribution in [-0.2, 0) is 13.0 Å². The highest BCUT2D eigenvalue weighted by molar-refractivity contribution is 7.15. The van der Waals surface area contributed by atoms with Crippen molar-refractivity contribution in [2.75, 3.05) is 19.0 Å². The minimum absolute atomic E-state index is 0.667. The molecule has 0 fully saturated rings. The second-order valence-electron chi connectivity index (χ2n) is 4.90. The Morgan fingerprint density at radius 2 is 2.43 bits per heavy atom. The van der Waals surface area contributed by atoms with Crippen LogP contribution in [0.1, 0.15) is 11.3 Å². The zero-order valence-electron chi connectivity index (χ0n) is 11.6. The van der Waals surface area contributed by atoms with E-state index in [0.29, 0.717) is 12.4 Å². The van der Waals surface area contributed by atoms with Gasteiger partial charge < -0.3 is 14.8 Å². The Labute approximate surface area is 126 Å². The van der Waals surface area contributed by atoms with Gasteiger partial charge in [0.25, 0.3) is 0 Å². The van der Waals surface area contributed by atoms with E-state index in [1.54, 1.807) is 18.4 Å². The van der Waals surface area contributed by atoms with E-state index in [4.69, 9.17) is 9.47 Å². The van der Waals surface area contributed by atoms with Crippen LogP contribution in [0.4, 0.5) is 5.69 Å². The number of thiazole rings is 1. The number of fused-ring (bicyclic) bond motifs is 2. The maximum Gasteiger partial charge on any atom is 0.238 e. The predicted molar refractivity (Wildman–Crippen MR) is 82.6 cm³/mol. The van der Waals surface area contributed by atoms with E-state index in [2.05, 4.69) is 20.8 Å². The van der Waals surface area contributed by atoms with Crippen molar-refractivity contribution in [3.05, 3.63) is 41.0 Å². The van der Waals surface area contributed by atoms with Gasteiger partial charge in [-0.2, -0.15) is 4.98 Å². The average molecular weight is 301 g/mol. The van der Waals surface area contributed by atoms with Gasteiger partial charge in [-0.05, 0) is 23.8 Å². The molecule has 0 amide bonds. The van der Waals surface area contributed by atoms with Crippen LogP contribution in [0.15, 0.2) is 29.8 Å². The summed E-state index contributed by atoms with van der Waals surface area (Å²) in [5, 5.41) is 5.47. The number of ether oxygens (including phenoxy) is 2. The normalized spacial score (nSPS) is 13.2. The Morgan fingerprint density at radius 3 is 3.33 bits per heavy atom. The lowest BCUT2D eigenvalue weighted by atomic mass is 10.1. The summed E-state index contributed by atoms with van der Waals surface area (Å²) in [5.41, 5.74) is 3.39. The van der Waals surface area contributed by atoms with Crippen LogP contribution in [0.3, 0.4) is 0 Å². The first-order chi connectivity index (χ1) is 10.3. The van der Waals surface area contributed by atoms with Crippen molar-refractivity contribution in [3.8, 4) is 11.6 Å². The Balaban J connectivity index is 1.59. The Morgan fingerprint density at radius 1 is 1.48 bits per heavy atom. The summed E-state index contributed by atoms with van der Waals surface area (Å²) in [7, 11) is 1.66. The van der Waals surface area contributed by atoms with Gasteiger partial charge in [0.05, 0.1) is 20.3 Å². The van der Waals surface area contributed by atoms with E-state index < -0.39 is 0 Å². The Kier molecular flexibility index (Phi) is 2.96. The Bertz CT molecular complexity index is 793. The molecule has 0 spiro atoms. The molecule has 3 aromatic rings. The van der Waals surface area contributed by atoms with E-state index in [1.165, 1.54) is 5.56 Å². The van der Waals surface area contributed by atoms with Crippen LogP contribution in [0.2, 0.25) is 0 Å². The number of hydrogen-bond acceptors (Lipinski definition) is 5. The van der Waals surface area contributed by atoms with Crippen LogP contribution in [0.5, 0.6) is 11.6 Å². The summed E-state index contributed by atoms with van der Waals surface area (Å²) < 4.78 is 13.0. The first-order valence-electron chi connectivity index (χ1n) is 6.83. The van der Waals surface area contributed by atoms with Gasteiger partial charge in [-0.1, -0.05) is 0 Å². The average Bonchev–Trinajstić information content (AvgIpc) is 3.19. The third-order valence-electron chi connectivity index (χ3n) is 3.67. The van der Waals surface area contributed by atoms with Crippen molar-refractivity contribution in [2.24, 2.45) is 0 Å². The van der Waals surface area contributed by atoms with E-state index in [-0.39, 0.29) is 0 Å². The molecular weight excluding hydrogens is 286 g/mol. The fourth-order valence-corrected chi connectivity index (χ4v) is 3.34. The van der Waals surface area contributed by atoms with E-state index in [0.717, 1.165) is 35.1 Å². The molecule has 2 aromatic heterocycles. The Hall–Kier alpha value is -2.21. The molecule has 6 heteroatoms. The molecule has 1 aromatic carbocycles. The van der Waals surface area contributed by atoms with Crippen LogP contribution in [0, 0.1) is 0 Å². The van der Waals surface area contributed by atoms with E-state index >= 15 is 0 Å². The molecule has 0 saturated carbocycles. The first kappa shape index (κ1) is 12.5. The molecule has 1 aliphatic heterocycles. The number of benzene rings is 1. The number of imidazole rings is 1. The van der Waals surface area contributed by atoms with Crippen molar-refractivity contribution in [3.63, 3.8) is 0 Å². The second-order valence-corrected chi connectivity index (χ2v) is 5.77.